The van der Waals surface area contributed by atoms with Gasteiger partial charge in [-0.1, -0.05) is 12.1 Å². The van der Waals surface area contributed by atoms with E-state index >= 15 is 0 Å². The van der Waals surface area contributed by atoms with Crippen LogP contribution in [-0.4, -0.2) is 11.2 Å². The lowest BCUT2D eigenvalue weighted by Crippen LogP contribution is -2.22. The summed E-state index contributed by atoms with van der Waals surface area (Å²) in [5.74, 6) is 0.585. The number of rotatable bonds is 4. The van der Waals surface area contributed by atoms with Crippen molar-refractivity contribution in [2.24, 2.45) is 5.73 Å². The molecule has 0 radical (unpaired) electrons. The predicted molar refractivity (Wildman–Crippen MR) is 69.1 cm³/mol. The van der Waals surface area contributed by atoms with Crippen LogP contribution in [0.1, 0.15) is 12.5 Å². The van der Waals surface area contributed by atoms with Gasteiger partial charge in [0.05, 0.1) is 5.25 Å². The summed E-state index contributed by atoms with van der Waals surface area (Å²) < 4.78 is 1.22. The summed E-state index contributed by atoms with van der Waals surface area (Å²) in [4.78, 5) is 10.8. The van der Waals surface area contributed by atoms with E-state index in [1.54, 1.807) is 11.8 Å². The Balaban J connectivity index is 2.46. The second-order valence-corrected chi connectivity index (χ2v) is 5.56. The first-order valence-corrected chi connectivity index (χ1v) is 6.37. The Bertz CT molecular complexity index is 312. The SMILES string of the molecule is C[C@@H](SCc1ccc(I)cc1)C(N)=O. The minimum atomic E-state index is -0.250. The molecule has 0 heterocycles. The largest absolute Gasteiger partial charge is 0.369 e. The Hall–Kier alpha value is -0.230. The van der Waals surface area contributed by atoms with Crippen molar-refractivity contribution in [1.82, 2.24) is 0 Å². The van der Waals surface area contributed by atoms with Gasteiger partial charge in [0.2, 0.25) is 5.91 Å². The van der Waals surface area contributed by atoms with Crippen molar-refractivity contribution in [2.75, 3.05) is 0 Å². The molecule has 0 bridgehead atoms. The maximum absolute atomic E-state index is 10.8. The molecule has 0 fully saturated rings. The molecule has 4 heteroatoms. The number of benzene rings is 1. The quantitative estimate of drug-likeness (QED) is 0.866. The van der Waals surface area contributed by atoms with Crippen molar-refractivity contribution in [3.05, 3.63) is 33.4 Å². The molecule has 0 aliphatic rings. The van der Waals surface area contributed by atoms with E-state index in [1.165, 1.54) is 9.13 Å². The average molecular weight is 321 g/mol. The summed E-state index contributed by atoms with van der Waals surface area (Å²) in [6.07, 6.45) is 0. The van der Waals surface area contributed by atoms with E-state index in [0.29, 0.717) is 0 Å². The van der Waals surface area contributed by atoms with Gasteiger partial charge in [0.25, 0.3) is 0 Å². The van der Waals surface area contributed by atoms with Gasteiger partial charge in [-0.15, -0.1) is 11.8 Å². The number of hydrogen-bond donors (Lipinski definition) is 1. The summed E-state index contributed by atoms with van der Waals surface area (Å²) >= 11 is 3.83. The monoisotopic (exact) mass is 321 g/mol. The van der Waals surface area contributed by atoms with Gasteiger partial charge in [-0.3, -0.25) is 4.79 Å². The van der Waals surface area contributed by atoms with Crippen molar-refractivity contribution < 1.29 is 4.79 Å². The molecule has 76 valence electrons. The van der Waals surface area contributed by atoms with Crippen LogP contribution in [0.5, 0.6) is 0 Å². The number of carbonyl (C=O) groups excluding carboxylic acids is 1. The highest BCUT2D eigenvalue weighted by molar-refractivity contribution is 14.1. The zero-order valence-corrected chi connectivity index (χ0v) is 10.8. The van der Waals surface area contributed by atoms with Crippen LogP contribution in [0, 0.1) is 3.57 Å². The van der Waals surface area contributed by atoms with E-state index in [-0.39, 0.29) is 11.2 Å². The fourth-order valence-corrected chi connectivity index (χ4v) is 2.04. The average Bonchev–Trinajstić information content (AvgIpc) is 2.16. The van der Waals surface area contributed by atoms with E-state index in [0.717, 1.165) is 5.75 Å². The maximum Gasteiger partial charge on any atom is 0.230 e. The molecule has 14 heavy (non-hydrogen) atoms. The minimum Gasteiger partial charge on any atom is -0.369 e. The molecule has 1 aromatic carbocycles. The van der Waals surface area contributed by atoms with Gasteiger partial charge in [0.15, 0.2) is 0 Å². The van der Waals surface area contributed by atoms with E-state index in [2.05, 4.69) is 46.9 Å². The smallest absolute Gasteiger partial charge is 0.230 e. The minimum absolute atomic E-state index is 0.116. The fraction of sp³-hybridized carbons (Fsp3) is 0.300. The molecular formula is C10H12INOS. The number of carbonyl (C=O) groups is 1. The number of thioether (sulfide) groups is 1. The van der Waals surface area contributed by atoms with Gasteiger partial charge in [-0.25, -0.2) is 0 Å². The first kappa shape index (κ1) is 11.8. The molecule has 0 spiro atoms. The zero-order valence-electron chi connectivity index (χ0n) is 7.87. The molecule has 0 aliphatic carbocycles. The first-order valence-electron chi connectivity index (χ1n) is 4.25. The highest BCUT2D eigenvalue weighted by Crippen LogP contribution is 2.18. The molecule has 0 saturated carbocycles. The normalized spacial score (nSPS) is 12.4. The van der Waals surface area contributed by atoms with Crippen molar-refractivity contribution >= 4 is 40.3 Å². The lowest BCUT2D eigenvalue weighted by molar-refractivity contribution is -0.117. The molecule has 0 saturated heterocycles. The Kier molecular flexibility index (Phi) is 4.74. The van der Waals surface area contributed by atoms with E-state index in [4.69, 9.17) is 5.73 Å². The van der Waals surface area contributed by atoms with E-state index in [1.807, 2.05) is 6.92 Å². The zero-order chi connectivity index (χ0) is 10.6. The third kappa shape index (κ3) is 3.88. The lowest BCUT2D eigenvalue weighted by Gasteiger charge is -2.06. The molecular weight excluding hydrogens is 309 g/mol. The van der Waals surface area contributed by atoms with Gasteiger partial charge in [0.1, 0.15) is 0 Å². The van der Waals surface area contributed by atoms with E-state index in [9.17, 15) is 4.79 Å². The summed E-state index contributed by atoms with van der Waals surface area (Å²) in [6.45, 7) is 1.83. The molecule has 1 rings (SSSR count). The van der Waals surface area contributed by atoms with Gasteiger partial charge >= 0.3 is 0 Å². The third-order valence-electron chi connectivity index (χ3n) is 1.81. The van der Waals surface area contributed by atoms with Crippen LogP contribution < -0.4 is 5.73 Å². The number of primary amides is 1. The number of hydrogen-bond acceptors (Lipinski definition) is 2. The van der Waals surface area contributed by atoms with Crippen molar-refractivity contribution in [2.45, 2.75) is 17.9 Å². The van der Waals surface area contributed by atoms with Crippen LogP contribution in [0.4, 0.5) is 0 Å². The third-order valence-corrected chi connectivity index (χ3v) is 3.77. The highest BCUT2D eigenvalue weighted by Gasteiger charge is 2.08. The van der Waals surface area contributed by atoms with Crippen LogP contribution in [-0.2, 0) is 10.5 Å². The Labute approximate surface area is 102 Å². The van der Waals surface area contributed by atoms with Gasteiger partial charge < -0.3 is 5.73 Å². The molecule has 0 aliphatic heterocycles. The Morgan fingerprint density at radius 1 is 1.50 bits per heavy atom. The topological polar surface area (TPSA) is 43.1 Å². The summed E-state index contributed by atoms with van der Waals surface area (Å²) in [5.41, 5.74) is 6.39. The standard InChI is InChI=1S/C10H12INOS/c1-7(10(12)13)14-6-8-2-4-9(11)5-3-8/h2-5,7H,6H2,1H3,(H2,12,13)/t7-/m1/s1. The maximum atomic E-state index is 10.8. The second kappa shape index (κ2) is 5.60. The van der Waals surface area contributed by atoms with Crippen LogP contribution in [0.15, 0.2) is 24.3 Å². The molecule has 0 unspecified atom stereocenters. The summed E-state index contributed by atoms with van der Waals surface area (Å²) in [5, 5.41) is -0.116. The van der Waals surface area contributed by atoms with Gasteiger partial charge in [0, 0.05) is 9.32 Å². The molecule has 1 atom stereocenters. The van der Waals surface area contributed by atoms with Crippen LogP contribution in [0.3, 0.4) is 0 Å². The Morgan fingerprint density at radius 3 is 2.57 bits per heavy atom. The first-order chi connectivity index (χ1) is 6.59. The molecule has 2 N–H and O–H groups in total. The van der Waals surface area contributed by atoms with Gasteiger partial charge in [-0.2, -0.15) is 0 Å². The number of halogens is 1. The van der Waals surface area contributed by atoms with Crippen molar-refractivity contribution in [1.29, 1.82) is 0 Å². The molecule has 2 nitrogen and oxygen atoms in total. The van der Waals surface area contributed by atoms with Crippen molar-refractivity contribution in [3.8, 4) is 0 Å². The molecule has 0 aromatic heterocycles. The van der Waals surface area contributed by atoms with Crippen LogP contribution in [0.2, 0.25) is 0 Å². The molecule has 1 amide bonds. The van der Waals surface area contributed by atoms with Gasteiger partial charge in [-0.05, 0) is 47.2 Å². The second-order valence-electron chi connectivity index (χ2n) is 2.98. The number of nitrogens with two attached hydrogens (primary N) is 1. The summed E-state index contributed by atoms with van der Waals surface area (Å²) in [6, 6.07) is 8.27. The predicted octanol–water partition coefficient (Wildman–Crippen LogP) is 2.40. The summed E-state index contributed by atoms with van der Waals surface area (Å²) in [7, 11) is 0. The van der Waals surface area contributed by atoms with E-state index < -0.39 is 0 Å². The van der Waals surface area contributed by atoms with Crippen molar-refractivity contribution in [3.63, 3.8) is 0 Å². The Morgan fingerprint density at radius 2 is 2.07 bits per heavy atom. The van der Waals surface area contributed by atoms with Crippen LogP contribution >= 0.6 is 34.4 Å². The fourth-order valence-electron chi connectivity index (χ4n) is 0.884. The lowest BCUT2D eigenvalue weighted by atomic mass is 10.2. The highest BCUT2D eigenvalue weighted by atomic mass is 127. The molecule has 1 aromatic rings. The number of amides is 1. The van der Waals surface area contributed by atoms with Crippen LogP contribution in [0.25, 0.3) is 0 Å².